The summed E-state index contributed by atoms with van der Waals surface area (Å²) in [5, 5.41) is 40.6. The van der Waals surface area contributed by atoms with Gasteiger partial charge in [0.05, 0.1) is 22.8 Å². The fourth-order valence-electron chi connectivity index (χ4n) is 2.51. The Hall–Kier alpha value is -1.67. The molecule has 152 valence electrons. The highest BCUT2D eigenvalue weighted by molar-refractivity contribution is 6.31. The number of aliphatic hydroxyl groups excluding tert-OH is 1. The van der Waals surface area contributed by atoms with E-state index in [4.69, 9.17) is 33.4 Å². The summed E-state index contributed by atoms with van der Waals surface area (Å²) in [7, 11) is 0. The zero-order valence-electron chi connectivity index (χ0n) is 23.8. The molecule has 0 unspecified atom stereocenters. The first-order chi connectivity index (χ1) is 16.8. The predicted molar refractivity (Wildman–Crippen MR) is 105 cm³/mol. The van der Waals surface area contributed by atoms with Crippen molar-refractivity contribution in [2.75, 3.05) is 13.2 Å². The molecule has 1 fully saturated rings. The minimum absolute atomic E-state index is 0.0529. The molecule has 0 spiro atoms. The molecule has 0 amide bonds. The number of hydrogen-bond donors (Lipinski definition) is 4. The van der Waals surface area contributed by atoms with Crippen molar-refractivity contribution in [1.29, 1.82) is 0 Å². The van der Waals surface area contributed by atoms with E-state index in [9.17, 15) is 20.4 Å². The SMILES string of the molecule is [2H]c1c([2H])c([C@@H]2O[C@]([2H])(CO)[C@@]([2H])(O)[C@]([2H])(O)[C@@]2([2H])O)c([2H])c(C([2H])([2H])c2ccc(OCC)cc2)c1Cl. The average Bonchev–Trinajstić information content (AvgIpc) is 2.81. The number of benzene rings is 2. The van der Waals surface area contributed by atoms with Gasteiger partial charge < -0.3 is 29.9 Å². The summed E-state index contributed by atoms with van der Waals surface area (Å²) in [6.07, 6.45) is -19.9. The van der Waals surface area contributed by atoms with E-state index < -0.39 is 77.7 Å². The van der Waals surface area contributed by atoms with E-state index in [0.29, 0.717) is 12.4 Å². The first-order valence-electron chi connectivity index (χ1n) is 12.8. The highest BCUT2D eigenvalue weighted by Gasteiger charge is 2.43. The van der Waals surface area contributed by atoms with Gasteiger partial charge in [0, 0.05) is 7.76 Å². The van der Waals surface area contributed by atoms with Crippen molar-refractivity contribution in [2.24, 2.45) is 0 Å². The smallest absolute Gasteiger partial charge is 0.119 e. The van der Waals surface area contributed by atoms with E-state index in [1.807, 2.05) is 0 Å². The minimum atomic E-state index is -3.96. The number of ether oxygens (including phenoxy) is 2. The molecule has 5 atom stereocenters. The molecule has 1 heterocycles. The van der Waals surface area contributed by atoms with Crippen molar-refractivity contribution in [1.82, 2.24) is 0 Å². The van der Waals surface area contributed by atoms with Crippen LogP contribution in [0.2, 0.25) is 5.02 Å². The highest BCUT2D eigenvalue weighted by atomic mass is 35.5. The van der Waals surface area contributed by atoms with Crippen LogP contribution in [0.25, 0.3) is 0 Å². The van der Waals surface area contributed by atoms with Gasteiger partial charge in [-0.05, 0) is 48.2 Å². The van der Waals surface area contributed by atoms with Gasteiger partial charge in [-0.15, -0.1) is 0 Å². The second kappa shape index (κ2) is 9.22. The van der Waals surface area contributed by atoms with E-state index >= 15 is 0 Å². The second-order valence-corrected chi connectivity index (χ2v) is 6.10. The number of rotatable bonds is 6. The summed E-state index contributed by atoms with van der Waals surface area (Å²) in [4.78, 5) is 0. The van der Waals surface area contributed by atoms with Gasteiger partial charge in [-0.3, -0.25) is 0 Å². The van der Waals surface area contributed by atoms with Crippen LogP contribution in [-0.4, -0.2) is 58.0 Å². The molecule has 1 aliphatic heterocycles. The van der Waals surface area contributed by atoms with E-state index in [1.54, 1.807) is 6.92 Å². The molecular formula is C21H25ClO6. The van der Waals surface area contributed by atoms with Crippen LogP contribution in [0.1, 0.15) is 42.1 Å². The molecule has 3 rings (SSSR count). The van der Waals surface area contributed by atoms with Crippen molar-refractivity contribution < 1.29 is 42.2 Å². The lowest BCUT2D eigenvalue weighted by Crippen LogP contribution is -2.55. The van der Waals surface area contributed by atoms with Crippen LogP contribution >= 0.6 is 11.6 Å². The van der Waals surface area contributed by atoms with Gasteiger partial charge >= 0.3 is 0 Å². The number of hydrogen-bond acceptors (Lipinski definition) is 6. The summed E-state index contributed by atoms with van der Waals surface area (Å²) >= 11 is 6.21. The van der Waals surface area contributed by atoms with Gasteiger partial charge in [0.2, 0.25) is 0 Å². The van der Waals surface area contributed by atoms with Crippen molar-refractivity contribution in [3.05, 3.63) is 64.1 Å². The number of halogens is 1. The van der Waals surface area contributed by atoms with E-state index in [-0.39, 0.29) is 5.56 Å². The van der Waals surface area contributed by atoms with E-state index in [2.05, 4.69) is 0 Å². The topological polar surface area (TPSA) is 99.4 Å². The molecule has 0 bridgehead atoms. The van der Waals surface area contributed by atoms with Gasteiger partial charge in [0.25, 0.3) is 0 Å². The lowest BCUT2D eigenvalue weighted by atomic mass is 9.90. The Balaban J connectivity index is 2.30. The van der Waals surface area contributed by atoms with Crippen LogP contribution in [0.5, 0.6) is 5.75 Å². The van der Waals surface area contributed by atoms with E-state index in [1.165, 1.54) is 24.3 Å². The second-order valence-electron chi connectivity index (χ2n) is 5.72. The van der Waals surface area contributed by atoms with Crippen LogP contribution in [0.15, 0.2) is 42.4 Å². The van der Waals surface area contributed by atoms with Crippen LogP contribution in [-0.2, 0) is 11.1 Å². The maximum atomic E-state index is 10.8. The lowest BCUT2D eigenvalue weighted by molar-refractivity contribution is -0.231. The predicted octanol–water partition coefficient (Wildman–Crippen LogP) is 1.84. The van der Waals surface area contributed by atoms with Crippen LogP contribution in [0, 0.1) is 0 Å². The summed E-state index contributed by atoms with van der Waals surface area (Å²) in [6.45, 7) is 0.578. The first-order valence-corrected chi connectivity index (χ1v) is 8.70. The monoisotopic (exact) mass is 417 g/mol. The maximum Gasteiger partial charge on any atom is 0.119 e. The fraction of sp³-hybridized carbons (Fsp3) is 0.429. The third-order valence-electron chi connectivity index (χ3n) is 3.87. The zero-order valence-corrected chi connectivity index (χ0v) is 15.5. The van der Waals surface area contributed by atoms with Gasteiger partial charge in [-0.1, -0.05) is 35.8 Å². The molecule has 0 aliphatic carbocycles. The zero-order chi connectivity index (χ0) is 28.4. The Morgan fingerprint density at radius 1 is 1.18 bits per heavy atom. The third kappa shape index (κ3) is 4.49. The molecular weight excluding hydrogens is 384 g/mol. The van der Waals surface area contributed by atoms with Gasteiger partial charge in [-0.2, -0.15) is 0 Å². The van der Waals surface area contributed by atoms with Crippen LogP contribution in [0.3, 0.4) is 0 Å². The Morgan fingerprint density at radius 2 is 1.89 bits per heavy atom. The Labute approximate surface area is 181 Å². The quantitative estimate of drug-likeness (QED) is 0.572. The molecule has 28 heavy (non-hydrogen) atoms. The van der Waals surface area contributed by atoms with Crippen LogP contribution < -0.4 is 4.74 Å². The Bertz CT molecular complexity index is 1190. The molecule has 0 saturated carbocycles. The lowest BCUT2D eigenvalue weighted by Gasteiger charge is -2.40. The van der Waals surface area contributed by atoms with Crippen molar-refractivity contribution in [3.63, 3.8) is 0 Å². The molecule has 6 nitrogen and oxygen atoms in total. The Morgan fingerprint density at radius 3 is 2.54 bits per heavy atom. The van der Waals surface area contributed by atoms with Crippen molar-refractivity contribution >= 4 is 11.6 Å². The summed E-state index contributed by atoms with van der Waals surface area (Å²) in [5.41, 5.74) is -1.67. The molecule has 7 heteroatoms. The molecule has 2 aromatic rings. The van der Waals surface area contributed by atoms with Gasteiger partial charge in [0.1, 0.15) is 36.2 Å². The summed E-state index contributed by atoms with van der Waals surface area (Å²) < 4.78 is 85.1. The van der Waals surface area contributed by atoms with Crippen molar-refractivity contribution in [2.45, 2.75) is 43.7 Å². The van der Waals surface area contributed by atoms with Crippen molar-refractivity contribution in [3.8, 4) is 5.75 Å². The first kappa shape index (κ1) is 12.1. The average molecular weight is 418 g/mol. The highest BCUT2D eigenvalue weighted by Crippen LogP contribution is 2.34. The van der Waals surface area contributed by atoms with Crippen LogP contribution in [0.4, 0.5) is 0 Å². The standard InChI is InChI=1S/C21H25ClO6/c1-2-27-15-6-3-12(4-7-15)9-14-10-13(5-8-16(14)22)21-20(26)19(25)18(24)17(11-23)28-21/h3-8,10,17-21,23-26H,2,9,11H2,1H3/t17-,18-,19+,20-,21+/m1/s1/i5D,8D,9D2,10D,17D,18D,19D,20D. The maximum absolute atomic E-state index is 10.8. The molecule has 1 aliphatic rings. The molecule has 0 aromatic heterocycles. The molecule has 2 aromatic carbocycles. The Kier molecular flexibility index (Phi) is 3.99. The molecule has 0 radical (unpaired) electrons. The normalized spacial score (nSPS) is 43.2. The van der Waals surface area contributed by atoms with E-state index in [0.717, 1.165) is 0 Å². The summed E-state index contributed by atoms with van der Waals surface area (Å²) in [6, 6.07) is 2.77. The largest absolute Gasteiger partial charge is 0.494 e. The number of aliphatic hydroxyl groups is 4. The molecule has 1 saturated heterocycles. The van der Waals surface area contributed by atoms with Gasteiger partial charge in [0.15, 0.2) is 0 Å². The minimum Gasteiger partial charge on any atom is -0.494 e. The third-order valence-corrected chi connectivity index (χ3v) is 4.15. The van der Waals surface area contributed by atoms with Gasteiger partial charge in [-0.25, -0.2) is 0 Å². The summed E-state index contributed by atoms with van der Waals surface area (Å²) in [5.74, 6) is 0.422. The fourth-order valence-corrected chi connectivity index (χ4v) is 2.65. The molecule has 4 N–H and O–H groups in total.